The zero-order valence-electron chi connectivity index (χ0n) is 20.9. The molecule has 5 aromatic rings. The Morgan fingerprint density at radius 2 is 0.865 bits per heavy atom. The molecule has 0 aliphatic heterocycles. The summed E-state index contributed by atoms with van der Waals surface area (Å²) in [6, 6.07) is 45.2. The number of benzene rings is 5. The fraction of sp³-hybridized carbons (Fsp3) is 0.0625. The van der Waals surface area contributed by atoms with Crippen LogP contribution in [0.5, 0.6) is 0 Å². The molecule has 3 nitrogen and oxygen atoms in total. The Morgan fingerprint density at radius 3 is 1.22 bits per heavy atom. The fourth-order valence-corrected chi connectivity index (χ4v) is 34.7. The number of hydrogen-bond acceptors (Lipinski definition) is 3. The number of aryl methyl sites for hydroxylation is 2. The summed E-state index contributed by atoms with van der Waals surface area (Å²) in [6.45, 7) is 3.71. The Balaban J connectivity index is 2.03. The summed E-state index contributed by atoms with van der Waals surface area (Å²) in [5.74, 6) is 0. The minimum atomic E-state index is -5.77. The first-order chi connectivity index (χ1) is 17.9. The van der Waals surface area contributed by atoms with Gasteiger partial charge < -0.3 is 0 Å². The van der Waals surface area contributed by atoms with Gasteiger partial charge in [0.05, 0.1) is 0 Å². The quantitative estimate of drug-likeness (QED) is 0.234. The van der Waals surface area contributed by atoms with E-state index in [2.05, 4.69) is 0 Å². The van der Waals surface area contributed by atoms with Crippen molar-refractivity contribution >= 4 is 42.4 Å². The molecule has 37 heavy (non-hydrogen) atoms. The SMILES string of the molecule is Cc1ccc(C)c(S(=O)(=O)[O][Bi]([c]2ccccc2)([c]2ccccc2)([c]2ccccc2)[c]2ccccc2)c1. The molecule has 0 aliphatic rings. The predicted molar refractivity (Wildman–Crippen MR) is 154 cm³/mol. The van der Waals surface area contributed by atoms with Crippen LogP contribution in [0, 0.1) is 13.8 Å². The van der Waals surface area contributed by atoms with Gasteiger partial charge in [0.1, 0.15) is 0 Å². The van der Waals surface area contributed by atoms with Crippen molar-refractivity contribution in [3.8, 4) is 0 Å². The van der Waals surface area contributed by atoms with Crippen LogP contribution in [0.1, 0.15) is 11.1 Å². The predicted octanol–water partition coefficient (Wildman–Crippen LogP) is 4.54. The first-order valence-electron chi connectivity index (χ1n) is 12.2. The van der Waals surface area contributed by atoms with E-state index in [4.69, 9.17) is 2.26 Å². The van der Waals surface area contributed by atoms with Gasteiger partial charge in [-0.05, 0) is 0 Å². The summed E-state index contributed by atoms with van der Waals surface area (Å²) in [6.07, 6.45) is 0. The number of hydrogen-bond donors (Lipinski definition) is 0. The molecule has 0 radical (unpaired) electrons. The summed E-state index contributed by atoms with van der Waals surface area (Å²) in [5, 5.41) is 0. The average molecular weight is 703 g/mol. The molecule has 0 atom stereocenters. The van der Waals surface area contributed by atoms with E-state index in [0.717, 1.165) is 18.6 Å². The van der Waals surface area contributed by atoms with Crippen molar-refractivity contribution in [2.75, 3.05) is 0 Å². The van der Waals surface area contributed by atoms with Crippen molar-refractivity contribution in [3.05, 3.63) is 151 Å². The van der Waals surface area contributed by atoms with Crippen molar-refractivity contribution in [2.45, 2.75) is 18.7 Å². The standard InChI is InChI=1S/C8H10O3S.4C6H5.Bi/c1-6-3-4-7(2)8(5-6)12(9,10)11;4*1-2-4-6-5-3-1;/h3-5H,1-2H3,(H,9,10,11);4*1-5H;/q;;;;;+1/p-1. The Labute approximate surface area is 221 Å². The van der Waals surface area contributed by atoms with Crippen LogP contribution in [0.15, 0.2) is 144 Å². The molecule has 5 heteroatoms. The zero-order valence-corrected chi connectivity index (χ0v) is 25.2. The Morgan fingerprint density at radius 1 is 0.514 bits per heavy atom. The zero-order chi connectivity index (χ0) is 26.0. The third-order valence-corrected chi connectivity index (χ3v) is 34.1. The molecule has 0 aromatic heterocycles. The maximum atomic E-state index is 14.6. The van der Waals surface area contributed by atoms with Gasteiger partial charge in [-0.1, -0.05) is 0 Å². The van der Waals surface area contributed by atoms with E-state index in [1.807, 2.05) is 147 Å². The molecular weight excluding hydrogens is 673 g/mol. The van der Waals surface area contributed by atoms with Gasteiger partial charge in [0.2, 0.25) is 0 Å². The molecule has 0 saturated carbocycles. The maximum absolute atomic E-state index is 14.6. The van der Waals surface area contributed by atoms with Crippen LogP contribution in [0.4, 0.5) is 0 Å². The van der Waals surface area contributed by atoms with E-state index in [9.17, 15) is 8.42 Å². The molecule has 5 rings (SSSR count). The van der Waals surface area contributed by atoms with Gasteiger partial charge in [0.15, 0.2) is 0 Å². The molecule has 0 spiro atoms. The molecule has 0 bridgehead atoms. The molecule has 0 aliphatic carbocycles. The second kappa shape index (κ2) is 9.98. The van der Waals surface area contributed by atoms with E-state index < -0.39 is 29.3 Å². The van der Waals surface area contributed by atoms with Crippen molar-refractivity contribution < 1.29 is 10.7 Å². The van der Waals surface area contributed by atoms with E-state index in [1.165, 1.54) is 0 Å². The summed E-state index contributed by atoms with van der Waals surface area (Å²) in [7, 11) is -4.23. The van der Waals surface area contributed by atoms with Crippen LogP contribution in [0.25, 0.3) is 0 Å². The monoisotopic (exact) mass is 702 g/mol. The summed E-state index contributed by atoms with van der Waals surface area (Å²) in [5.41, 5.74) is 1.52. The van der Waals surface area contributed by atoms with Gasteiger partial charge in [0.25, 0.3) is 0 Å². The fourth-order valence-electron chi connectivity index (χ4n) is 5.13. The van der Waals surface area contributed by atoms with E-state index in [-0.39, 0.29) is 4.90 Å². The van der Waals surface area contributed by atoms with Crippen LogP contribution >= 0.6 is 0 Å². The Kier molecular flexibility index (Phi) is 6.89. The third-order valence-electron chi connectivity index (χ3n) is 6.86. The molecule has 0 unspecified atom stereocenters. The van der Waals surface area contributed by atoms with Gasteiger partial charge in [-0.2, -0.15) is 0 Å². The van der Waals surface area contributed by atoms with Gasteiger partial charge in [-0.3, -0.25) is 0 Å². The van der Waals surface area contributed by atoms with Crippen molar-refractivity contribution in [3.63, 3.8) is 0 Å². The Bertz CT molecular complexity index is 1450. The topological polar surface area (TPSA) is 43.4 Å². The summed E-state index contributed by atoms with van der Waals surface area (Å²) in [4.78, 5) is 0.202. The van der Waals surface area contributed by atoms with Crippen molar-refractivity contribution in [1.29, 1.82) is 0 Å². The van der Waals surface area contributed by atoms with Crippen molar-refractivity contribution in [2.24, 2.45) is 0 Å². The molecule has 0 N–H and O–H groups in total. The second-order valence-electron chi connectivity index (χ2n) is 9.18. The van der Waals surface area contributed by atoms with Gasteiger partial charge >= 0.3 is 222 Å². The molecule has 0 fully saturated rings. The van der Waals surface area contributed by atoms with Gasteiger partial charge in [-0.25, -0.2) is 0 Å². The normalized spacial score (nSPS) is 13.0. The average Bonchev–Trinajstić information content (AvgIpc) is 2.95. The van der Waals surface area contributed by atoms with Gasteiger partial charge in [0, 0.05) is 0 Å². The molecule has 0 amide bonds. The van der Waals surface area contributed by atoms with E-state index in [0.29, 0.717) is 5.56 Å². The van der Waals surface area contributed by atoms with Crippen LogP contribution in [-0.2, 0) is 12.4 Å². The Hall–Kier alpha value is -3.11. The first kappa shape index (κ1) is 25.5. The van der Waals surface area contributed by atoms with Gasteiger partial charge in [-0.15, -0.1) is 0 Å². The summed E-state index contributed by atoms with van der Waals surface area (Å²) >= 11 is -5.77. The molecule has 0 saturated heterocycles. The first-order valence-corrected chi connectivity index (χ1v) is 21.9. The third kappa shape index (κ3) is 4.16. The molecule has 0 heterocycles. The number of rotatable bonds is 7. The van der Waals surface area contributed by atoms with Crippen LogP contribution in [-0.4, -0.2) is 27.6 Å². The van der Waals surface area contributed by atoms with E-state index >= 15 is 0 Å². The molecular formula is C32H29BiO3S. The van der Waals surface area contributed by atoms with E-state index in [1.54, 1.807) is 6.07 Å². The summed E-state index contributed by atoms with van der Waals surface area (Å²) < 4.78 is 39.7. The minimum absolute atomic E-state index is 0.202. The molecule has 5 aromatic carbocycles. The van der Waals surface area contributed by atoms with Crippen LogP contribution in [0.3, 0.4) is 0 Å². The van der Waals surface area contributed by atoms with Crippen LogP contribution in [0.2, 0.25) is 0 Å². The molecule has 186 valence electrons. The van der Waals surface area contributed by atoms with Crippen molar-refractivity contribution in [1.82, 2.24) is 0 Å². The van der Waals surface area contributed by atoms with Crippen LogP contribution < -0.4 is 13.1 Å². The second-order valence-corrected chi connectivity index (χ2v) is 28.5.